The lowest BCUT2D eigenvalue weighted by molar-refractivity contribution is 0.0691. The molecule has 1 saturated heterocycles. The molecule has 0 amide bonds. The third-order valence-electron chi connectivity index (χ3n) is 3.38. The number of aromatic amines is 1. The van der Waals surface area contributed by atoms with Crippen LogP contribution in [0.4, 0.5) is 0 Å². The summed E-state index contributed by atoms with van der Waals surface area (Å²) >= 11 is 1.39. The van der Waals surface area contributed by atoms with Gasteiger partial charge >= 0.3 is 5.97 Å². The molecule has 0 spiro atoms. The van der Waals surface area contributed by atoms with E-state index in [0.29, 0.717) is 12.5 Å². The maximum atomic E-state index is 10.8. The van der Waals surface area contributed by atoms with Crippen LogP contribution in [-0.2, 0) is 6.54 Å². The average Bonchev–Trinajstić information content (AvgIpc) is 3.09. The fourth-order valence-corrected chi connectivity index (χ4v) is 3.21. The fraction of sp³-hybridized carbons (Fsp3) is 0.500. The number of aryl methyl sites for hydroxylation is 1. The molecular weight excluding hydrogens is 278 g/mol. The van der Waals surface area contributed by atoms with Crippen molar-refractivity contribution in [3.63, 3.8) is 0 Å². The van der Waals surface area contributed by atoms with Crippen molar-refractivity contribution < 1.29 is 9.90 Å². The lowest BCUT2D eigenvalue weighted by Gasteiger charge is -2.12. The number of H-pyrrole nitrogens is 1. The second kappa shape index (κ2) is 5.29. The van der Waals surface area contributed by atoms with Crippen molar-refractivity contribution in [2.45, 2.75) is 25.8 Å². The highest BCUT2D eigenvalue weighted by atomic mass is 32.1. The fourth-order valence-electron chi connectivity index (χ4n) is 2.40. The number of aromatic nitrogens is 4. The Morgan fingerprint density at radius 3 is 3.10 bits per heavy atom. The molecule has 2 aromatic heterocycles. The molecule has 0 bridgehead atoms. The predicted molar refractivity (Wildman–Crippen MR) is 72.8 cm³/mol. The van der Waals surface area contributed by atoms with Crippen molar-refractivity contribution in [2.75, 3.05) is 13.1 Å². The van der Waals surface area contributed by atoms with E-state index in [2.05, 4.69) is 25.1 Å². The van der Waals surface area contributed by atoms with E-state index < -0.39 is 5.97 Å². The SMILES string of the molecule is Cc1nc(C2CCN(Cc3nc(C(=O)O)cs3)C2)n[nH]1. The van der Waals surface area contributed by atoms with Gasteiger partial charge in [-0.25, -0.2) is 14.8 Å². The minimum atomic E-state index is -0.969. The van der Waals surface area contributed by atoms with Gasteiger partial charge in [-0.15, -0.1) is 11.3 Å². The van der Waals surface area contributed by atoms with Crippen LogP contribution in [0.1, 0.15) is 39.5 Å². The number of thiazole rings is 1. The third-order valence-corrected chi connectivity index (χ3v) is 4.22. The van der Waals surface area contributed by atoms with Gasteiger partial charge in [0.1, 0.15) is 10.8 Å². The summed E-state index contributed by atoms with van der Waals surface area (Å²) in [5, 5.41) is 18.4. The minimum absolute atomic E-state index is 0.130. The van der Waals surface area contributed by atoms with Crippen LogP contribution in [0.25, 0.3) is 0 Å². The molecule has 0 aromatic carbocycles. The molecule has 2 aromatic rings. The normalized spacial score (nSPS) is 19.6. The van der Waals surface area contributed by atoms with Gasteiger partial charge in [0.05, 0.1) is 6.54 Å². The molecule has 3 heterocycles. The molecule has 1 aliphatic rings. The summed E-state index contributed by atoms with van der Waals surface area (Å²) in [5.74, 6) is 1.08. The van der Waals surface area contributed by atoms with Gasteiger partial charge in [-0.1, -0.05) is 0 Å². The molecular formula is C12H15N5O2S. The Morgan fingerprint density at radius 1 is 1.60 bits per heavy atom. The highest BCUT2D eigenvalue weighted by molar-refractivity contribution is 7.09. The lowest BCUT2D eigenvalue weighted by atomic mass is 10.1. The molecule has 106 valence electrons. The summed E-state index contributed by atoms with van der Waals surface area (Å²) in [7, 11) is 0. The number of hydrogen-bond donors (Lipinski definition) is 2. The van der Waals surface area contributed by atoms with Crippen molar-refractivity contribution in [1.82, 2.24) is 25.1 Å². The van der Waals surface area contributed by atoms with Gasteiger partial charge in [-0.2, -0.15) is 5.10 Å². The van der Waals surface area contributed by atoms with Crippen molar-refractivity contribution >= 4 is 17.3 Å². The first-order valence-corrected chi connectivity index (χ1v) is 7.28. The van der Waals surface area contributed by atoms with Crippen molar-refractivity contribution in [3.8, 4) is 0 Å². The summed E-state index contributed by atoms with van der Waals surface area (Å²) in [6.07, 6.45) is 1.02. The number of rotatable bonds is 4. The topological polar surface area (TPSA) is 95.0 Å². The zero-order valence-corrected chi connectivity index (χ0v) is 11.9. The largest absolute Gasteiger partial charge is 0.476 e. The summed E-state index contributed by atoms with van der Waals surface area (Å²) in [5.41, 5.74) is 0.130. The molecule has 20 heavy (non-hydrogen) atoms. The number of hydrogen-bond acceptors (Lipinski definition) is 6. The quantitative estimate of drug-likeness (QED) is 0.881. The zero-order valence-electron chi connectivity index (χ0n) is 11.0. The number of likely N-dealkylation sites (tertiary alicyclic amines) is 1. The standard InChI is InChI=1S/C12H15N5O2S/c1-7-13-11(16-15-7)8-2-3-17(4-8)5-10-14-9(6-20-10)12(18)19/h6,8H,2-5H2,1H3,(H,18,19)(H,13,15,16). The van der Waals surface area contributed by atoms with E-state index in [4.69, 9.17) is 5.11 Å². The van der Waals surface area contributed by atoms with Crippen molar-refractivity contribution in [2.24, 2.45) is 0 Å². The number of carbonyl (C=O) groups is 1. The minimum Gasteiger partial charge on any atom is -0.476 e. The van der Waals surface area contributed by atoms with Crippen LogP contribution >= 0.6 is 11.3 Å². The van der Waals surface area contributed by atoms with E-state index >= 15 is 0 Å². The first-order chi connectivity index (χ1) is 9.61. The Balaban J connectivity index is 1.61. The average molecular weight is 293 g/mol. The van der Waals surface area contributed by atoms with Crippen LogP contribution in [-0.4, -0.2) is 49.2 Å². The Morgan fingerprint density at radius 2 is 2.45 bits per heavy atom. The highest BCUT2D eigenvalue weighted by Crippen LogP contribution is 2.26. The number of nitrogens with one attached hydrogen (secondary N) is 1. The molecule has 2 N–H and O–H groups in total. The van der Waals surface area contributed by atoms with E-state index in [1.165, 1.54) is 11.3 Å². The Kier molecular flexibility index (Phi) is 3.49. The van der Waals surface area contributed by atoms with E-state index in [1.807, 2.05) is 6.92 Å². The van der Waals surface area contributed by atoms with E-state index in [0.717, 1.165) is 36.2 Å². The lowest BCUT2D eigenvalue weighted by Crippen LogP contribution is -2.20. The molecule has 0 saturated carbocycles. The van der Waals surface area contributed by atoms with Gasteiger partial charge in [-0.05, 0) is 19.9 Å². The van der Waals surface area contributed by atoms with Gasteiger partial charge in [0.25, 0.3) is 0 Å². The second-order valence-corrected chi connectivity index (χ2v) is 5.87. The molecule has 0 radical (unpaired) electrons. The van der Waals surface area contributed by atoms with Crippen LogP contribution in [0, 0.1) is 6.92 Å². The molecule has 1 aliphatic heterocycles. The maximum absolute atomic E-state index is 10.8. The summed E-state index contributed by atoms with van der Waals surface area (Å²) in [6, 6.07) is 0. The van der Waals surface area contributed by atoms with E-state index in [-0.39, 0.29) is 5.69 Å². The van der Waals surface area contributed by atoms with Crippen LogP contribution in [0.15, 0.2) is 5.38 Å². The van der Waals surface area contributed by atoms with Gasteiger partial charge in [0.15, 0.2) is 11.5 Å². The van der Waals surface area contributed by atoms with E-state index in [1.54, 1.807) is 5.38 Å². The zero-order chi connectivity index (χ0) is 14.1. The predicted octanol–water partition coefficient (Wildman–Crippen LogP) is 1.26. The van der Waals surface area contributed by atoms with Gasteiger partial charge in [0, 0.05) is 17.8 Å². The monoisotopic (exact) mass is 293 g/mol. The van der Waals surface area contributed by atoms with Gasteiger partial charge in [0.2, 0.25) is 0 Å². The molecule has 1 unspecified atom stereocenters. The van der Waals surface area contributed by atoms with Crippen LogP contribution in [0.3, 0.4) is 0 Å². The Bertz CT molecular complexity index is 623. The van der Waals surface area contributed by atoms with E-state index in [9.17, 15) is 4.79 Å². The second-order valence-electron chi connectivity index (χ2n) is 4.93. The van der Waals surface area contributed by atoms with Crippen molar-refractivity contribution in [3.05, 3.63) is 27.7 Å². The smallest absolute Gasteiger partial charge is 0.355 e. The van der Waals surface area contributed by atoms with Crippen LogP contribution in [0.2, 0.25) is 0 Å². The molecule has 1 atom stereocenters. The highest BCUT2D eigenvalue weighted by Gasteiger charge is 2.27. The number of carboxylic acids is 1. The number of aromatic carboxylic acids is 1. The molecule has 3 rings (SSSR count). The third kappa shape index (κ3) is 2.70. The Labute approximate surface area is 119 Å². The number of carboxylic acid groups (broad SMARTS) is 1. The molecule has 1 fully saturated rings. The molecule has 0 aliphatic carbocycles. The maximum Gasteiger partial charge on any atom is 0.355 e. The number of nitrogens with zero attached hydrogens (tertiary/aromatic N) is 4. The summed E-state index contributed by atoms with van der Waals surface area (Å²) in [4.78, 5) is 21.6. The van der Waals surface area contributed by atoms with Gasteiger partial charge in [-0.3, -0.25) is 10.00 Å². The molecule has 7 nitrogen and oxygen atoms in total. The summed E-state index contributed by atoms with van der Waals surface area (Å²) in [6.45, 7) is 4.43. The van der Waals surface area contributed by atoms with Crippen LogP contribution < -0.4 is 0 Å². The van der Waals surface area contributed by atoms with Crippen molar-refractivity contribution in [1.29, 1.82) is 0 Å². The first kappa shape index (κ1) is 13.2. The van der Waals surface area contributed by atoms with Gasteiger partial charge < -0.3 is 5.11 Å². The summed E-state index contributed by atoms with van der Waals surface area (Å²) < 4.78 is 0. The molecule has 8 heteroatoms. The Hall–Kier alpha value is -1.80. The van der Waals surface area contributed by atoms with Crippen LogP contribution in [0.5, 0.6) is 0 Å². The first-order valence-electron chi connectivity index (χ1n) is 6.41.